The molecule has 2 N–H and O–H groups in total. The van der Waals surface area contributed by atoms with Gasteiger partial charge in [-0.05, 0) is 13.0 Å². The standard InChI is InChI=1S/C14H19N3/c1-10(2)13(15-3)14-16-9-12(17-14)11-7-5-4-6-8-11/h4-10,13,15H,1-3H3,(H,16,17)/t13-/m0/s1. The third kappa shape index (κ3) is 2.56. The van der Waals surface area contributed by atoms with E-state index >= 15 is 0 Å². The molecule has 17 heavy (non-hydrogen) atoms. The van der Waals surface area contributed by atoms with Gasteiger partial charge in [0.2, 0.25) is 0 Å². The van der Waals surface area contributed by atoms with Crippen LogP contribution in [-0.4, -0.2) is 17.0 Å². The molecule has 1 aromatic heterocycles. The lowest BCUT2D eigenvalue weighted by Gasteiger charge is -2.17. The molecule has 0 radical (unpaired) electrons. The Balaban J connectivity index is 2.27. The average molecular weight is 229 g/mol. The molecule has 0 aliphatic rings. The number of aromatic amines is 1. The minimum atomic E-state index is 0.271. The van der Waals surface area contributed by atoms with Crippen molar-refractivity contribution in [3.8, 4) is 11.3 Å². The molecule has 3 heteroatoms. The number of hydrogen-bond donors (Lipinski definition) is 2. The fourth-order valence-corrected chi connectivity index (χ4v) is 2.04. The van der Waals surface area contributed by atoms with E-state index in [0.29, 0.717) is 5.92 Å². The summed E-state index contributed by atoms with van der Waals surface area (Å²) in [6, 6.07) is 10.5. The van der Waals surface area contributed by atoms with Gasteiger partial charge in [0.05, 0.1) is 11.7 Å². The van der Waals surface area contributed by atoms with Gasteiger partial charge in [-0.1, -0.05) is 44.2 Å². The van der Waals surface area contributed by atoms with E-state index in [1.165, 1.54) is 0 Å². The molecule has 2 aromatic rings. The fourth-order valence-electron chi connectivity index (χ4n) is 2.04. The Kier molecular flexibility index (Phi) is 3.59. The first-order valence-corrected chi connectivity index (χ1v) is 6.00. The molecule has 1 aromatic carbocycles. The molecular weight excluding hydrogens is 210 g/mol. The van der Waals surface area contributed by atoms with Crippen molar-refractivity contribution in [1.29, 1.82) is 0 Å². The van der Waals surface area contributed by atoms with Gasteiger partial charge in [-0.25, -0.2) is 4.98 Å². The summed E-state index contributed by atoms with van der Waals surface area (Å²) in [7, 11) is 1.97. The summed E-state index contributed by atoms with van der Waals surface area (Å²) >= 11 is 0. The zero-order valence-corrected chi connectivity index (χ0v) is 10.6. The largest absolute Gasteiger partial charge is 0.347 e. The zero-order chi connectivity index (χ0) is 12.3. The zero-order valence-electron chi connectivity index (χ0n) is 10.6. The highest BCUT2D eigenvalue weighted by Crippen LogP contribution is 2.22. The lowest BCUT2D eigenvalue weighted by Crippen LogP contribution is -2.22. The minimum Gasteiger partial charge on any atom is -0.347 e. The van der Waals surface area contributed by atoms with Crippen LogP contribution in [0.1, 0.15) is 25.7 Å². The second-order valence-corrected chi connectivity index (χ2v) is 4.55. The summed E-state index contributed by atoms with van der Waals surface area (Å²) in [6.45, 7) is 4.37. The van der Waals surface area contributed by atoms with Crippen molar-refractivity contribution in [3.05, 3.63) is 42.4 Å². The summed E-state index contributed by atoms with van der Waals surface area (Å²) in [6.07, 6.45) is 1.97. The third-order valence-corrected chi connectivity index (χ3v) is 2.94. The summed E-state index contributed by atoms with van der Waals surface area (Å²) in [5.41, 5.74) is 2.15. The van der Waals surface area contributed by atoms with Crippen LogP contribution in [0, 0.1) is 5.92 Å². The van der Waals surface area contributed by atoms with Gasteiger partial charge in [0.25, 0.3) is 0 Å². The van der Waals surface area contributed by atoms with Crippen molar-refractivity contribution in [3.63, 3.8) is 0 Å². The molecule has 0 aliphatic carbocycles. The number of rotatable bonds is 4. The first-order valence-electron chi connectivity index (χ1n) is 6.00. The number of hydrogen-bond acceptors (Lipinski definition) is 2. The highest BCUT2D eigenvalue weighted by Gasteiger charge is 2.17. The van der Waals surface area contributed by atoms with E-state index in [1.54, 1.807) is 0 Å². The first kappa shape index (κ1) is 11.9. The summed E-state index contributed by atoms with van der Waals surface area (Å²) in [5.74, 6) is 1.51. The summed E-state index contributed by atoms with van der Waals surface area (Å²) < 4.78 is 0. The number of nitrogens with one attached hydrogen (secondary N) is 2. The number of nitrogens with zero attached hydrogens (tertiary/aromatic N) is 1. The van der Waals surface area contributed by atoms with E-state index in [1.807, 2.05) is 31.4 Å². The van der Waals surface area contributed by atoms with Crippen molar-refractivity contribution in [2.75, 3.05) is 7.05 Å². The fraction of sp³-hybridized carbons (Fsp3) is 0.357. The van der Waals surface area contributed by atoms with Gasteiger partial charge in [0, 0.05) is 11.8 Å². The Labute approximate surface area is 102 Å². The topological polar surface area (TPSA) is 40.7 Å². The van der Waals surface area contributed by atoms with Crippen molar-refractivity contribution >= 4 is 0 Å². The van der Waals surface area contributed by atoms with Gasteiger partial charge in [-0.2, -0.15) is 0 Å². The Morgan fingerprint density at radius 1 is 1.18 bits per heavy atom. The predicted molar refractivity (Wildman–Crippen MR) is 70.7 cm³/mol. The molecule has 1 heterocycles. The molecule has 90 valence electrons. The first-order chi connectivity index (χ1) is 8.22. The van der Waals surface area contributed by atoms with Crippen molar-refractivity contribution in [2.45, 2.75) is 19.9 Å². The van der Waals surface area contributed by atoms with Crippen LogP contribution in [0.3, 0.4) is 0 Å². The Hall–Kier alpha value is -1.61. The van der Waals surface area contributed by atoms with Gasteiger partial charge in [-0.15, -0.1) is 0 Å². The summed E-state index contributed by atoms with van der Waals surface area (Å²) in [4.78, 5) is 7.92. The Morgan fingerprint density at radius 2 is 1.88 bits per heavy atom. The maximum Gasteiger partial charge on any atom is 0.124 e. The second kappa shape index (κ2) is 5.15. The molecular formula is C14H19N3. The molecule has 0 fully saturated rings. The number of benzene rings is 1. The van der Waals surface area contributed by atoms with Crippen LogP contribution < -0.4 is 5.32 Å². The van der Waals surface area contributed by atoms with E-state index in [9.17, 15) is 0 Å². The molecule has 0 saturated carbocycles. The maximum atomic E-state index is 4.65. The Bertz CT molecular complexity index is 459. The third-order valence-electron chi connectivity index (χ3n) is 2.94. The van der Waals surface area contributed by atoms with Gasteiger partial charge in [0.15, 0.2) is 0 Å². The Morgan fingerprint density at radius 3 is 2.47 bits per heavy atom. The highest BCUT2D eigenvalue weighted by atomic mass is 15.0. The molecule has 3 nitrogen and oxygen atoms in total. The minimum absolute atomic E-state index is 0.271. The van der Waals surface area contributed by atoms with Crippen LogP contribution in [0.2, 0.25) is 0 Å². The van der Waals surface area contributed by atoms with Crippen LogP contribution in [0.15, 0.2) is 36.5 Å². The van der Waals surface area contributed by atoms with Gasteiger partial charge < -0.3 is 10.3 Å². The van der Waals surface area contributed by atoms with E-state index in [-0.39, 0.29) is 6.04 Å². The quantitative estimate of drug-likeness (QED) is 0.846. The van der Waals surface area contributed by atoms with E-state index < -0.39 is 0 Å². The van der Waals surface area contributed by atoms with E-state index in [4.69, 9.17) is 0 Å². The molecule has 2 rings (SSSR count). The van der Waals surface area contributed by atoms with Crippen LogP contribution in [0.5, 0.6) is 0 Å². The van der Waals surface area contributed by atoms with Crippen LogP contribution in [0.4, 0.5) is 0 Å². The molecule has 1 atom stereocenters. The van der Waals surface area contributed by atoms with Crippen molar-refractivity contribution < 1.29 is 0 Å². The predicted octanol–water partition coefficient (Wildman–Crippen LogP) is 2.99. The smallest absolute Gasteiger partial charge is 0.124 e. The van der Waals surface area contributed by atoms with E-state index in [2.05, 4.69) is 41.3 Å². The number of aromatic nitrogens is 2. The number of imidazole rings is 1. The lowest BCUT2D eigenvalue weighted by atomic mass is 10.0. The van der Waals surface area contributed by atoms with Crippen LogP contribution >= 0.6 is 0 Å². The van der Waals surface area contributed by atoms with Gasteiger partial charge in [0.1, 0.15) is 5.82 Å². The summed E-state index contributed by atoms with van der Waals surface area (Å²) in [5, 5.41) is 3.29. The molecule has 0 aliphatic heterocycles. The van der Waals surface area contributed by atoms with Crippen LogP contribution in [0.25, 0.3) is 11.3 Å². The average Bonchev–Trinajstić information content (AvgIpc) is 2.80. The monoisotopic (exact) mass is 229 g/mol. The second-order valence-electron chi connectivity index (χ2n) is 4.55. The van der Waals surface area contributed by atoms with Gasteiger partial charge >= 0.3 is 0 Å². The molecule has 0 spiro atoms. The van der Waals surface area contributed by atoms with Crippen molar-refractivity contribution in [2.24, 2.45) is 5.92 Å². The lowest BCUT2D eigenvalue weighted by molar-refractivity contribution is 0.426. The van der Waals surface area contributed by atoms with Crippen LogP contribution in [-0.2, 0) is 0 Å². The number of H-pyrrole nitrogens is 1. The molecule has 0 amide bonds. The maximum absolute atomic E-state index is 4.65. The normalized spacial score (nSPS) is 12.9. The SMILES string of the molecule is CN[C@H](c1nc(-c2ccccc2)c[nH]1)C(C)C. The van der Waals surface area contributed by atoms with Gasteiger partial charge in [-0.3, -0.25) is 0 Å². The molecule has 0 unspecified atom stereocenters. The highest BCUT2D eigenvalue weighted by molar-refractivity contribution is 5.58. The molecule has 0 saturated heterocycles. The van der Waals surface area contributed by atoms with Crippen molar-refractivity contribution in [1.82, 2.24) is 15.3 Å². The molecule has 0 bridgehead atoms. The van der Waals surface area contributed by atoms with E-state index in [0.717, 1.165) is 17.1 Å².